The van der Waals surface area contributed by atoms with E-state index < -0.39 is 0 Å². The highest BCUT2D eigenvalue weighted by Gasteiger charge is 2.11. The van der Waals surface area contributed by atoms with Crippen molar-refractivity contribution in [2.75, 3.05) is 5.32 Å². The number of hydrogen-bond acceptors (Lipinski definition) is 2. The fraction of sp³-hybridized carbons (Fsp3) is 0. The first-order valence-electron chi connectivity index (χ1n) is 4.47. The molecule has 5 heteroatoms. The molecule has 1 amide bonds. The van der Waals surface area contributed by atoms with Gasteiger partial charge in [0.25, 0.3) is 5.91 Å². The van der Waals surface area contributed by atoms with E-state index in [0.29, 0.717) is 10.6 Å². The van der Waals surface area contributed by atoms with Crippen LogP contribution in [0.4, 0.5) is 10.1 Å². The first-order valence-corrected chi connectivity index (χ1v) is 6.14. The molecule has 0 aliphatic heterocycles. The van der Waals surface area contributed by atoms with E-state index in [-0.39, 0.29) is 11.7 Å². The van der Waals surface area contributed by atoms with Gasteiger partial charge < -0.3 is 5.32 Å². The molecule has 0 saturated heterocycles. The van der Waals surface area contributed by atoms with E-state index in [1.165, 1.54) is 23.5 Å². The summed E-state index contributed by atoms with van der Waals surface area (Å²) in [7, 11) is 0. The minimum atomic E-state index is -0.372. The number of carbonyl (C=O) groups excluding carboxylic acids is 1. The summed E-state index contributed by atoms with van der Waals surface area (Å²) in [4.78, 5) is 12.3. The summed E-state index contributed by atoms with van der Waals surface area (Å²) < 4.78 is 13.6. The largest absolute Gasteiger partial charge is 0.321 e. The molecule has 1 aromatic carbocycles. The van der Waals surface area contributed by atoms with Gasteiger partial charge in [0.1, 0.15) is 10.7 Å². The van der Waals surface area contributed by atoms with Crippen molar-refractivity contribution >= 4 is 38.9 Å². The zero-order valence-electron chi connectivity index (χ0n) is 8.04. The third kappa shape index (κ3) is 2.48. The lowest BCUT2D eigenvalue weighted by atomic mass is 10.3. The molecule has 0 bridgehead atoms. The Morgan fingerprint density at radius 2 is 2.19 bits per heavy atom. The van der Waals surface area contributed by atoms with E-state index in [0.717, 1.165) is 4.47 Å². The van der Waals surface area contributed by atoms with Crippen molar-refractivity contribution in [3.8, 4) is 0 Å². The highest BCUT2D eigenvalue weighted by molar-refractivity contribution is 9.10. The van der Waals surface area contributed by atoms with Gasteiger partial charge >= 0.3 is 0 Å². The highest BCUT2D eigenvalue weighted by Crippen LogP contribution is 2.23. The van der Waals surface area contributed by atoms with Crippen molar-refractivity contribution in [3.63, 3.8) is 0 Å². The Morgan fingerprint density at radius 1 is 1.38 bits per heavy atom. The fourth-order valence-electron chi connectivity index (χ4n) is 1.21. The van der Waals surface area contributed by atoms with Crippen LogP contribution in [0, 0.1) is 5.82 Å². The smallest absolute Gasteiger partial charge is 0.266 e. The van der Waals surface area contributed by atoms with E-state index in [4.69, 9.17) is 0 Å². The number of nitrogens with one attached hydrogen (secondary N) is 1. The van der Waals surface area contributed by atoms with Crippen LogP contribution in [-0.4, -0.2) is 5.91 Å². The van der Waals surface area contributed by atoms with Crippen molar-refractivity contribution < 1.29 is 9.18 Å². The van der Waals surface area contributed by atoms with Crippen LogP contribution >= 0.6 is 27.3 Å². The van der Waals surface area contributed by atoms with Gasteiger partial charge in [0.2, 0.25) is 0 Å². The Bertz CT molecular complexity index is 526. The second-order valence-electron chi connectivity index (χ2n) is 3.06. The molecular weight excluding hydrogens is 293 g/mol. The molecule has 0 radical (unpaired) electrons. The molecule has 82 valence electrons. The number of anilines is 1. The maximum Gasteiger partial charge on any atom is 0.266 e. The van der Waals surface area contributed by atoms with Crippen LogP contribution < -0.4 is 5.32 Å². The van der Waals surface area contributed by atoms with E-state index in [9.17, 15) is 9.18 Å². The second-order valence-corrected chi connectivity index (χ2v) is 4.83. The molecule has 0 spiro atoms. The molecule has 0 unspecified atom stereocenters. The molecule has 2 nitrogen and oxygen atoms in total. The molecule has 0 saturated carbocycles. The molecule has 16 heavy (non-hydrogen) atoms. The number of thiophene rings is 1. The average molecular weight is 300 g/mol. The average Bonchev–Trinajstić information content (AvgIpc) is 2.64. The number of carbonyl (C=O) groups is 1. The maximum atomic E-state index is 12.9. The first kappa shape index (κ1) is 11.3. The molecule has 2 rings (SSSR count). The molecule has 0 atom stereocenters. The van der Waals surface area contributed by atoms with Gasteiger partial charge in [-0.3, -0.25) is 4.79 Å². The Balaban J connectivity index is 2.17. The molecule has 0 aliphatic carbocycles. The third-order valence-electron chi connectivity index (χ3n) is 1.91. The third-order valence-corrected chi connectivity index (χ3v) is 3.74. The summed E-state index contributed by atoms with van der Waals surface area (Å²) in [5.41, 5.74) is 0.449. The minimum Gasteiger partial charge on any atom is -0.321 e. The number of halogens is 2. The van der Waals surface area contributed by atoms with E-state index in [1.54, 1.807) is 18.2 Å². The summed E-state index contributed by atoms with van der Waals surface area (Å²) >= 11 is 4.60. The van der Waals surface area contributed by atoms with Crippen LogP contribution in [0.25, 0.3) is 0 Å². The van der Waals surface area contributed by atoms with Gasteiger partial charge in [-0.2, -0.15) is 0 Å². The van der Waals surface area contributed by atoms with Gasteiger partial charge in [-0.25, -0.2) is 4.39 Å². The highest BCUT2D eigenvalue weighted by atomic mass is 79.9. The van der Waals surface area contributed by atoms with Gasteiger partial charge in [-0.15, -0.1) is 11.3 Å². The van der Waals surface area contributed by atoms with Crippen LogP contribution in [0.15, 0.2) is 40.2 Å². The van der Waals surface area contributed by atoms with Crippen molar-refractivity contribution in [2.24, 2.45) is 0 Å². The van der Waals surface area contributed by atoms with Crippen LogP contribution in [0.5, 0.6) is 0 Å². The van der Waals surface area contributed by atoms with Crippen molar-refractivity contribution in [3.05, 3.63) is 50.9 Å². The standard InChI is InChI=1S/C11H7BrFNOS/c12-9-4-5-16-10(9)11(15)14-8-3-1-2-7(13)6-8/h1-6H,(H,14,15). The molecule has 0 fully saturated rings. The van der Waals surface area contributed by atoms with Gasteiger partial charge in [0.05, 0.1) is 0 Å². The van der Waals surface area contributed by atoms with E-state index in [2.05, 4.69) is 21.2 Å². The Morgan fingerprint density at radius 3 is 2.81 bits per heavy atom. The van der Waals surface area contributed by atoms with Crippen LogP contribution in [0.2, 0.25) is 0 Å². The van der Waals surface area contributed by atoms with Crippen molar-refractivity contribution in [1.29, 1.82) is 0 Å². The lowest BCUT2D eigenvalue weighted by Gasteiger charge is -2.03. The van der Waals surface area contributed by atoms with Crippen molar-refractivity contribution in [2.45, 2.75) is 0 Å². The predicted octanol–water partition coefficient (Wildman–Crippen LogP) is 3.90. The predicted molar refractivity (Wildman–Crippen MR) is 66.4 cm³/mol. The quantitative estimate of drug-likeness (QED) is 0.895. The molecular formula is C11H7BrFNOS. The lowest BCUT2D eigenvalue weighted by molar-refractivity contribution is 0.103. The summed E-state index contributed by atoms with van der Waals surface area (Å²) in [5, 5.41) is 4.44. The fourth-order valence-corrected chi connectivity index (χ4v) is 2.66. The van der Waals surface area contributed by atoms with Crippen LogP contribution in [0.3, 0.4) is 0 Å². The van der Waals surface area contributed by atoms with E-state index >= 15 is 0 Å². The van der Waals surface area contributed by atoms with Gasteiger partial charge in [0, 0.05) is 10.2 Å². The van der Waals surface area contributed by atoms with Gasteiger partial charge in [-0.05, 0) is 45.6 Å². The summed E-state index contributed by atoms with van der Waals surface area (Å²) in [6, 6.07) is 7.60. The zero-order chi connectivity index (χ0) is 11.5. The zero-order valence-corrected chi connectivity index (χ0v) is 10.4. The Hall–Kier alpha value is -1.20. The van der Waals surface area contributed by atoms with Crippen molar-refractivity contribution in [1.82, 2.24) is 0 Å². The summed E-state index contributed by atoms with van der Waals surface area (Å²) in [6.07, 6.45) is 0. The normalized spacial score (nSPS) is 10.1. The molecule has 0 aliphatic rings. The SMILES string of the molecule is O=C(Nc1cccc(F)c1)c1sccc1Br. The first-order chi connectivity index (χ1) is 7.66. The molecule has 1 N–H and O–H groups in total. The summed E-state index contributed by atoms with van der Waals surface area (Å²) in [5.74, 6) is -0.615. The maximum absolute atomic E-state index is 12.9. The topological polar surface area (TPSA) is 29.1 Å². The van der Waals surface area contributed by atoms with Gasteiger partial charge in [0.15, 0.2) is 0 Å². The van der Waals surface area contributed by atoms with Crippen LogP contribution in [0.1, 0.15) is 9.67 Å². The van der Waals surface area contributed by atoms with E-state index in [1.807, 2.05) is 5.38 Å². The second kappa shape index (κ2) is 4.76. The summed E-state index contributed by atoms with van der Waals surface area (Å²) in [6.45, 7) is 0. The molecule has 2 aromatic rings. The van der Waals surface area contributed by atoms with Gasteiger partial charge in [-0.1, -0.05) is 6.07 Å². The minimum absolute atomic E-state index is 0.243. The lowest BCUT2D eigenvalue weighted by Crippen LogP contribution is -2.10. The number of benzene rings is 1. The van der Waals surface area contributed by atoms with Crippen LogP contribution in [-0.2, 0) is 0 Å². The Labute approximate surface area is 104 Å². The number of hydrogen-bond donors (Lipinski definition) is 1. The molecule has 1 heterocycles. The molecule has 1 aromatic heterocycles. The monoisotopic (exact) mass is 299 g/mol. The number of rotatable bonds is 2. The number of amides is 1. The Kier molecular flexibility index (Phi) is 3.36.